The van der Waals surface area contributed by atoms with Crippen LogP contribution in [0.15, 0.2) is 41.8 Å². The molecule has 9 heteroatoms. The van der Waals surface area contributed by atoms with Crippen molar-refractivity contribution in [2.75, 3.05) is 0 Å². The quantitative estimate of drug-likeness (QED) is 0.517. The Bertz CT molecular complexity index is 967. The van der Waals surface area contributed by atoms with Gasteiger partial charge in [0.25, 0.3) is 0 Å². The summed E-state index contributed by atoms with van der Waals surface area (Å²) in [5.41, 5.74) is 1.24. The predicted molar refractivity (Wildman–Crippen MR) is 99.1 cm³/mol. The van der Waals surface area contributed by atoms with Gasteiger partial charge in [0.1, 0.15) is 23.7 Å². The van der Waals surface area contributed by atoms with Crippen LogP contribution in [0.2, 0.25) is 0 Å². The minimum Gasteiger partial charge on any atom is -0.343 e. The highest BCUT2D eigenvalue weighted by molar-refractivity contribution is 7.10. The van der Waals surface area contributed by atoms with E-state index in [-0.39, 0.29) is 29.7 Å². The summed E-state index contributed by atoms with van der Waals surface area (Å²) >= 11 is 1.47. The van der Waals surface area contributed by atoms with Crippen molar-refractivity contribution < 1.29 is 14.1 Å². The van der Waals surface area contributed by atoms with Crippen LogP contribution in [0.25, 0.3) is 0 Å². The molecule has 0 bridgehead atoms. The first-order chi connectivity index (χ1) is 12.9. The average Bonchev–Trinajstić information content (AvgIpc) is 3.22. The summed E-state index contributed by atoms with van der Waals surface area (Å²) < 4.78 is 14.6. The van der Waals surface area contributed by atoms with Crippen LogP contribution >= 0.6 is 11.3 Å². The first-order valence-electron chi connectivity index (χ1n) is 8.13. The summed E-state index contributed by atoms with van der Waals surface area (Å²) in [6.45, 7) is 2.94. The Morgan fingerprint density at radius 3 is 2.59 bits per heavy atom. The zero-order valence-corrected chi connectivity index (χ0v) is 15.5. The van der Waals surface area contributed by atoms with Gasteiger partial charge in [0, 0.05) is 4.88 Å². The monoisotopic (exact) mass is 388 g/mol. The highest BCUT2D eigenvalue weighted by Gasteiger charge is 2.24. The molecule has 0 unspecified atom stereocenters. The van der Waals surface area contributed by atoms with Gasteiger partial charge in [0.15, 0.2) is 0 Å². The number of amides is 1. The second-order valence-electron chi connectivity index (χ2n) is 6.00. The van der Waals surface area contributed by atoms with Crippen molar-refractivity contribution >= 4 is 22.9 Å². The third-order valence-corrected chi connectivity index (χ3v) is 5.09. The second kappa shape index (κ2) is 7.67. The summed E-state index contributed by atoms with van der Waals surface area (Å²) in [5, 5.41) is 20.0. The van der Waals surface area contributed by atoms with Crippen molar-refractivity contribution in [3.63, 3.8) is 0 Å². The van der Waals surface area contributed by atoms with Crippen LogP contribution in [0, 0.1) is 29.8 Å². The van der Waals surface area contributed by atoms with Crippen LogP contribution in [0.4, 0.5) is 10.1 Å². The van der Waals surface area contributed by atoms with Crippen molar-refractivity contribution in [1.29, 1.82) is 0 Å². The fourth-order valence-electron chi connectivity index (χ4n) is 2.88. The maximum absolute atomic E-state index is 13.2. The molecule has 0 aliphatic rings. The maximum Gasteiger partial charge on any atom is 0.312 e. The summed E-state index contributed by atoms with van der Waals surface area (Å²) in [7, 11) is 0. The Balaban J connectivity index is 1.82. The van der Waals surface area contributed by atoms with Crippen molar-refractivity contribution in [3.8, 4) is 0 Å². The average molecular weight is 388 g/mol. The van der Waals surface area contributed by atoms with E-state index in [0.717, 1.165) is 10.4 Å². The fraction of sp³-hybridized carbons (Fsp3) is 0.222. The van der Waals surface area contributed by atoms with E-state index in [1.54, 1.807) is 19.1 Å². The molecule has 1 amide bonds. The van der Waals surface area contributed by atoms with Gasteiger partial charge >= 0.3 is 5.69 Å². The topological polar surface area (TPSA) is 90.1 Å². The van der Waals surface area contributed by atoms with E-state index >= 15 is 0 Å². The lowest BCUT2D eigenvalue weighted by Gasteiger charge is -2.18. The van der Waals surface area contributed by atoms with Crippen LogP contribution in [-0.2, 0) is 11.3 Å². The minimum atomic E-state index is -0.501. The number of aryl methyl sites for hydroxylation is 1. The van der Waals surface area contributed by atoms with Gasteiger partial charge in [-0.3, -0.25) is 19.6 Å². The van der Waals surface area contributed by atoms with Crippen LogP contribution in [0.5, 0.6) is 0 Å². The zero-order valence-electron chi connectivity index (χ0n) is 14.7. The van der Waals surface area contributed by atoms with Crippen LogP contribution < -0.4 is 5.32 Å². The number of nitrogens with zero attached hydrogens (tertiary/aromatic N) is 3. The maximum atomic E-state index is 13.2. The molecule has 3 aromatic rings. The number of hydrogen-bond donors (Lipinski definition) is 1. The first kappa shape index (κ1) is 18.7. The molecule has 3 rings (SSSR count). The van der Waals surface area contributed by atoms with E-state index in [4.69, 9.17) is 0 Å². The molecule has 0 radical (unpaired) electrons. The third kappa shape index (κ3) is 4.03. The smallest absolute Gasteiger partial charge is 0.312 e. The Hall–Kier alpha value is -3.07. The Morgan fingerprint density at radius 2 is 2.04 bits per heavy atom. The molecule has 0 fully saturated rings. The molecule has 1 aromatic carbocycles. The van der Waals surface area contributed by atoms with Gasteiger partial charge in [-0.2, -0.15) is 5.10 Å². The van der Waals surface area contributed by atoms with E-state index in [1.807, 2.05) is 17.5 Å². The summed E-state index contributed by atoms with van der Waals surface area (Å²) in [6.07, 6.45) is 0. The van der Waals surface area contributed by atoms with Crippen molar-refractivity contribution in [3.05, 3.63) is 79.5 Å². The molecule has 0 saturated carbocycles. The summed E-state index contributed by atoms with van der Waals surface area (Å²) in [4.78, 5) is 24.1. The molecule has 140 valence electrons. The van der Waals surface area contributed by atoms with Gasteiger partial charge in [-0.15, -0.1) is 11.3 Å². The number of thiophene rings is 1. The molecule has 7 nitrogen and oxygen atoms in total. The van der Waals surface area contributed by atoms with Crippen molar-refractivity contribution in [2.45, 2.75) is 26.4 Å². The van der Waals surface area contributed by atoms with Crippen molar-refractivity contribution in [1.82, 2.24) is 15.1 Å². The lowest BCUT2D eigenvalue weighted by Crippen LogP contribution is -2.32. The molecular weight excluding hydrogens is 371 g/mol. The number of aromatic nitrogens is 2. The van der Waals surface area contributed by atoms with E-state index in [2.05, 4.69) is 10.4 Å². The number of carbonyl (C=O) groups excluding carboxylic acids is 1. The Kier molecular flexibility index (Phi) is 5.31. The highest BCUT2D eigenvalue weighted by atomic mass is 32.1. The number of nitrogens with one attached hydrogen (secondary N) is 1. The SMILES string of the molecule is Cc1nn(CC(=O)N[C@H](c2ccc(F)cc2)c2cccs2)c(C)c1[N+](=O)[O-]. The summed E-state index contributed by atoms with van der Waals surface area (Å²) in [5.74, 6) is -0.705. The van der Waals surface area contributed by atoms with Crippen LogP contribution in [0.1, 0.15) is 27.9 Å². The van der Waals surface area contributed by atoms with Gasteiger partial charge in [0.05, 0.1) is 11.0 Å². The van der Waals surface area contributed by atoms with Gasteiger partial charge in [0.2, 0.25) is 5.91 Å². The number of halogens is 1. The van der Waals surface area contributed by atoms with E-state index < -0.39 is 11.0 Å². The lowest BCUT2D eigenvalue weighted by molar-refractivity contribution is -0.386. The molecule has 0 spiro atoms. The molecule has 2 aromatic heterocycles. The Labute approximate surface area is 158 Å². The molecular formula is C18H17FN4O3S. The highest BCUT2D eigenvalue weighted by Crippen LogP contribution is 2.27. The minimum absolute atomic E-state index is 0.0869. The number of hydrogen-bond acceptors (Lipinski definition) is 5. The molecule has 0 aliphatic heterocycles. The van der Waals surface area contributed by atoms with Crippen molar-refractivity contribution in [2.24, 2.45) is 0 Å². The van der Waals surface area contributed by atoms with E-state index in [9.17, 15) is 19.3 Å². The normalized spacial score (nSPS) is 12.0. The Morgan fingerprint density at radius 1 is 1.33 bits per heavy atom. The number of rotatable bonds is 6. The predicted octanol–water partition coefficient (Wildman–Crippen LogP) is 3.51. The standard InChI is InChI=1S/C18H17FN4O3S/c1-11-18(23(25)26)12(2)22(21-11)10-16(24)20-17(15-4-3-9-27-15)13-5-7-14(19)8-6-13/h3-9,17H,10H2,1-2H3,(H,20,24)/t17-/m1/s1. The summed E-state index contributed by atoms with van der Waals surface area (Å²) in [6, 6.07) is 9.23. The van der Waals surface area contributed by atoms with Gasteiger partial charge in [-0.05, 0) is 43.0 Å². The molecule has 0 aliphatic carbocycles. The molecule has 1 atom stereocenters. The van der Waals surface area contributed by atoms with Gasteiger partial charge in [-0.1, -0.05) is 18.2 Å². The molecule has 1 N–H and O–H groups in total. The lowest BCUT2D eigenvalue weighted by atomic mass is 10.1. The third-order valence-electron chi connectivity index (χ3n) is 4.16. The fourth-order valence-corrected chi connectivity index (χ4v) is 3.68. The van der Waals surface area contributed by atoms with Gasteiger partial charge in [-0.25, -0.2) is 4.39 Å². The van der Waals surface area contributed by atoms with E-state index in [0.29, 0.717) is 5.69 Å². The van der Waals surface area contributed by atoms with Crippen LogP contribution in [0.3, 0.4) is 0 Å². The number of carbonyl (C=O) groups is 1. The number of nitro groups is 1. The van der Waals surface area contributed by atoms with Crippen LogP contribution in [-0.4, -0.2) is 20.6 Å². The molecule has 27 heavy (non-hydrogen) atoms. The van der Waals surface area contributed by atoms with Gasteiger partial charge < -0.3 is 5.32 Å². The first-order valence-corrected chi connectivity index (χ1v) is 9.01. The van der Waals surface area contributed by atoms with E-state index in [1.165, 1.54) is 35.1 Å². The molecule has 0 saturated heterocycles. The molecule has 2 heterocycles. The number of benzene rings is 1. The second-order valence-corrected chi connectivity index (χ2v) is 6.98. The largest absolute Gasteiger partial charge is 0.343 e. The zero-order chi connectivity index (χ0) is 19.6.